The highest BCUT2D eigenvalue weighted by atomic mass is 127. The second-order valence-corrected chi connectivity index (χ2v) is 7.17. The first-order valence-electron chi connectivity index (χ1n) is 8.62. The summed E-state index contributed by atoms with van der Waals surface area (Å²) in [6.45, 7) is 12.3. The zero-order valence-electron chi connectivity index (χ0n) is 16.6. The van der Waals surface area contributed by atoms with E-state index >= 15 is 0 Å². The van der Waals surface area contributed by atoms with Crippen molar-refractivity contribution in [1.82, 2.24) is 25.5 Å². The number of hydrogen-bond donors (Lipinski definition) is 3. The summed E-state index contributed by atoms with van der Waals surface area (Å²) in [4.78, 5) is 20.1. The third-order valence-electron chi connectivity index (χ3n) is 3.09. The van der Waals surface area contributed by atoms with Crippen molar-refractivity contribution in [2.24, 2.45) is 10.9 Å². The standard InChI is InChI=1S/C17H32N6O2.HI/c1-13(2)12-23-10-9-19-14(23)11-22-15(18-6)20-7-8-21-16(24)25-17(3,4)5;/h9-10,13H,7-8,11-12H2,1-6H3,(H,21,24)(H2,18,20,22);1H. The van der Waals surface area contributed by atoms with E-state index in [0.717, 1.165) is 12.4 Å². The van der Waals surface area contributed by atoms with Gasteiger partial charge in [0.2, 0.25) is 0 Å². The Labute approximate surface area is 173 Å². The molecule has 8 nitrogen and oxygen atoms in total. The van der Waals surface area contributed by atoms with Gasteiger partial charge in [-0.2, -0.15) is 0 Å². The lowest BCUT2D eigenvalue weighted by atomic mass is 10.2. The van der Waals surface area contributed by atoms with Gasteiger partial charge in [-0.25, -0.2) is 9.78 Å². The smallest absolute Gasteiger partial charge is 0.407 e. The van der Waals surface area contributed by atoms with Crippen LogP contribution in [0.5, 0.6) is 0 Å². The number of hydrogen-bond acceptors (Lipinski definition) is 4. The first kappa shape index (κ1) is 24.5. The summed E-state index contributed by atoms with van der Waals surface area (Å²) in [7, 11) is 1.71. The van der Waals surface area contributed by atoms with Gasteiger partial charge < -0.3 is 25.3 Å². The third-order valence-corrected chi connectivity index (χ3v) is 3.09. The van der Waals surface area contributed by atoms with Crippen molar-refractivity contribution in [3.63, 3.8) is 0 Å². The molecule has 0 aliphatic carbocycles. The Balaban J connectivity index is 0.00000625. The van der Waals surface area contributed by atoms with Crippen molar-refractivity contribution < 1.29 is 9.53 Å². The average molecular weight is 480 g/mol. The van der Waals surface area contributed by atoms with E-state index in [-0.39, 0.29) is 24.0 Å². The highest BCUT2D eigenvalue weighted by Gasteiger charge is 2.15. The molecule has 150 valence electrons. The van der Waals surface area contributed by atoms with E-state index in [4.69, 9.17) is 4.74 Å². The number of aromatic nitrogens is 2. The molecule has 0 saturated carbocycles. The number of nitrogens with one attached hydrogen (secondary N) is 3. The highest BCUT2D eigenvalue weighted by Crippen LogP contribution is 2.06. The quantitative estimate of drug-likeness (QED) is 0.241. The van der Waals surface area contributed by atoms with Gasteiger partial charge in [-0.1, -0.05) is 13.8 Å². The average Bonchev–Trinajstić information content (AvgIpc) is 2.91. The van der Waals surface area contributed by atoms with Crippen molar-refractivity contribution in [1.29, 1.82) is 0 Å². The number of carbonyl (C=O) groups excluding carboxylic acids is 1. The molecule has 9 heteroatoms. The topological polar surface area (TPSA) is 92.6 Å². The molecule has 3 N–H and O–H groups in total. The van der Waals surface area contributed by atoms with Gasteiger partial charge in [0.25, 0.3) is 0 Å². The van der Waals surface area contributed by atoms with Crippen molar-refractivity contribution in [2.75, 3.05) is 20.1 Å². The molecule has 0 radical (unpaired) electrons. The Morgan fingerprint density at radius 1 is 1.27 bits per heavy atom. The molecule has 0 spiro atoms. The van der Waals surface area contributed by atoms with Crippen LogP contribution < -0.4 is 16.0 Å². The number of aliphatic imine (C=N–C) groups is 1. The lowest BCUT2D eigenvalue weighted by molar-refractivity contribution is 0.0529. The second-order valence-electron chi connectivity index (χ2n) is 7.17. The van der Waals surface area contributed by atoms with Crippen LogP contribution in [-0.4, -0.2) is 47.3 Å². The number of amides is 1. The minimum Gasteiger partial charge on any atom is -0.444 e. The van der Waals surface area contributed by atoms with Gasteiger partial charge in [-0.15, -0.1) is 24.0 Å². The first-order chi connectivity index (χ1) is 11.7. The predicted octanol–water partition coefficient (Wildman–Crippen LogP) is 2.35. The van der Waals surface area contributed by atoms with E-state index in [0.29, 0.717) is 31.5 Å². The molecule has 26 heavy (non-hydrogen) atoms. The Morgan fingerprint density at radius 3 is 2.50 bits per heavy atom. The second kappa shape index (κ2) is 12.0. The van der Waals surface area contributed by atoms with Crippen LogP contribution in [0.4, 0.5) is 4.79 Å². The van der Waals surface area contributed by atoms with Crippen LogP contribution in [0.1, 0.15) is 40.4 Å². The van der Waals surface area contributed by atoms with Gasteiger partial charge >= 0.3 is 6.09 Å². The Kier molecular flexibility index (Phi) is 11.3. The number of nitrogens with zero attached hydrogens (tertiary/aromatic N) is 3. The minimum absolute atomic E-state index is 0. The van der Waals surface area contributed by atoms with E-state index in [1.165, 1.54) is 0 Å². The zero-order valence-corrected chi connectivity index (χ0v) is 19.0. The maximum absolute atomic E-state index is 11.6. The van der Waals surface area contributed by atoms with Crippen LogP contribution in [0.2, 0.25) is 0 Å². The van der Waals surface area contributed by atoms with Gasteiger partial charge in [0.15, 0.2) is 5.96 Å². The summed E-state index contributed by atoms with van der Waals surface area (Å²) in [5, 5.41) is 9.06. The highest BCUT2D eigenvalue weighted by molar-refractivity contribution is 14.0. The Bertz CT molecular complexity index is 566. The summed E-state index contributed by atoms with van der Waals surface area (Å²) in [5.41, 5.74) is -0.493. The third kappa shape index (κ3) is 10.5. The summed E-state index contributed by atoms with van der Waals surface area (Å²) >= 11 is 0. The monoisotopic (exact) mass is 480 g/mol. The predicted molar refractivity (Wildman–Crippen MR) is 115 cm³/mol. The number of halogens is 1. The molecular weight excluding hydrogens is 447 g/mol. The van der Waals surface area contributed by atoms with Crippen LogP contribution in [0.25, 0.3) is 0 Å². The lowest BCUT2D eigenvalue weighted by Crippen LogP contribution is -2.42. The molecule has 0 bridgehead atoms. The Morgan fingerprint density at radius 2 is 1.92 bits per heavy atom. The fourth-order valence-corrected chi connectivity index (χ4v) is 2.11. The van der Waals surface area contributed by atoms with Crippen LogP contribution in [0.3, 0.4) is 0 Å². The minimum atomic E-state index is -0.493. The zero-order chi connectivity index (χ0) is 18.9. The fourth-order valence-electron chi connectivity index (χ4n) is 2.11. The van der Waals surface area contributed by atoms with E-state index in [2.05, 4.69) is 44.3 Å². The van der Waals surface area contributed by atoms with Gasteiger partial charge in [-0.3, -0.25) is 4.99 Å². The van der Waals surface area contributed by atoms with E-state index in [1.807, 2.05) is 27.0 Å². The SMILES string of the molecule is CN=C(NCCNC(=O)OC(C)(C)C)NCc1nccn1CC(C)C.I. The number of alkyl carbamates (subject to hydrolysis) is 1. The molecule has 1 rings (SSSR count). The molecule has 0 aliphatic heterocycles. The molecule has 1 aromatic rings. The largest absolute Gasteiger partial charge is 0.444 e. The fraction of sp³-hybridized carbons (Fsp3) is 0.706. The maximum atomic E-state index is 11.6. The van der Waals surface area contributed by atoms with Gasteiger partial charge in [-0.05, 0) is 26.7 Å². The number of guanidine groups is 1. The summed E-state index contributed by atoms with van der Waals surface area (Å²) in [6, 6.07) is 0. The van der Waals surface area contributed by atoms with E-state index < -0.39 is 11.7 Å². The van der Waals surface area contributed by atoms with Gasteiger partial charge in [0, 0.05) is 39.1 Å². The van der Waals surface area contributed by atoms with E-state index in [9.17, 15) is 4.79 Å². The summed E-state index contributed by atoms with van der Waals surface area (Å²) in [6.07, 6.45) is 3.37. The van der Waals surface area contributed by atoms with Gasteiger partial charge in [0.05, 0.1) is 6.54 Å². The molecule has 1 aromatic heterocycles. The molecule has 0 fully saturated rings. The van der Waals surface area contributed by atoms with Crippen molar-refractivity contribution in [2.45, 2.75) is 53.3 Å². The number of imidazole rings is 1. The molecule has 0 atom stereocenters. The van der Waals surface area contributed by atoms with Crippen LogP contribution in [0, 0.1) is 5.92 Å². The number of carbonyl (C=O) groups is 1. The summed E-state index contributed by atoms with van der Waals surface area (Å²) in [5.74, 6) is 2.18. The lowest BCUT2D eigenvalue weighted by Gasteiger charge is -2.20. The van der Waals surface area contributed by atoms with Crippen LogP contribution in [0.15, 0.2) is 17.4 Å². The molecule has 0 unspecified atom stereocenters. The molecule has 1 heterocycles. The molecule has 0 aromatic carbocycles. The van der Waals surface area contributed by atoms with Crippen molar-refractivity contribution >= 4 is 36.0 Å². The number of ether oxygens (including phenoxy) is 1. The first-order valence-corrected chi connectivity index (χ1v) is 8.62. The molecule has 1 amide bonds. The molecule has 0 aliphatic rings. The number of rotatable bonds is 7. The van der Waals surface area contributed by atoms with Crippen molar-refractivity contribution in [3.8, 4) is 0 Å². The molecule has 0 saturated heterocycles. The summed E-state index contributed by atoms with van der Waals surface area (Å²) < 4.78 is 7.31. The molecular formula is C17H33IN6O2. The normalized spacial score (nSPS) is 11.7. The van der Waals surface area contributed by atoms with Gasteiger partial charge in [0.1, 0.15) is 11.4 Å². The maximum Gasteiger partial charge on any atom is 0.407 e. The van der Waals surface area contributed by atoms with Crippen LogP contribution in [-0.2, 0) is 17.8 Å². The Hall–Kier alpha value is -1.52. The van der Waals surface area contributed by atoms with Crippen molar-refractivity contribution in [3.05, 3.63) is 18.2 Å². The van der Waals surface area contributed by atoms with Crippen LogP contribution >= 0.6 is 24.0 Å². The van der Waals surface area contributed by atoms with E-state index in [1.54, 1.807) is 13.2 Å².